The van der Waals surface area contributed by atoms with Gasteiger partial charge >= 0.3 is 0 Å². The third-order valence-corrected chi connectivity index (χ3v) is 6.65. The van der Waals surface area contributed by atoms with Crippen LogP contribution in [0.2, 0.25) is 5.02 Å². The molecule has 1 aromatic heterocycles. The molecule has 1 atom stereocenters. The third kappa shape index (κ3) is 3.68. The fraction of sp³-hybridized carbons (Fsp3) is 0.217. The summed E-state index contributed by atoms with van der Waals surface area (Å²) >= 11 is 7.76. The molecule has 2 aliphatic rings. The van der Waals surface area contributed by atoms with Crippen molar-refractivity contribution in [2.45, 2.75) is 18.9 Å². The van der Waals surface area contributed by atoms with Gasteiger partial charge in [-0.15, -0.1) is 11.3 Å². The number of amides is 1. The Kier molecular flexibility index (Phi) is 4.86. The smallest absolute Gasteiger partial charge is 0.247 e. The van der Waals surface area contributed by atoms with E-state index in [0.29, 0.717) is 11.6 Å². The number of likely N-dealkylation sites (tertiary alicyclic amines) is 1. The van der Waals surface area contributed by atoms with E-state index < -0.39 is 0 Å². The molecule has 1 fully saturated rings. The maximum absolute atomic E-state index is 12.9. The molecule has 2 aromatic carbocycles. The van der Waals surface area contributed by atoms with E-state index in [9.17, 15) is 4.79 Å². The first-order valence-electron chi connectivity index (χ1n) is 9.64. The van der Waals surface area contributed by atoms with Crippen molar-refractivity contribution < 1.29 is 9.53 Å². The predicted molar refractivity (Wildman–Crippen MR) is 117 cm³/mol. The molecule has 1 unspecified atom stereocenters. The Labute approximate surface area is 178 Å². The summed E-state index contributed by atoms with van der Waals surface area (Å²) in [7, 11) is 0. The zero-order valence-corrected chi connectivity index (χ0v) is 17.2. The Morgan fingerprint density at radius 1 is 1.28 bits per heavy atom. The number of rotatable bonds is 3. The van der Waals surface area contributed by atoms with Gasteiger partial charge in [-0.1, -0.05) is 29.8 Å². The van der Waals surface area contributed by atoms with Gasteiger partial charge < -0.3 is 9.64 Å². The Hall–Kier alpha value is -2.63. The number of hydrogen-bond acceptors (Lipinski definition) is 4. The first-order valence-corrected chi connectivity index (χ1v) is 10.8. The summed E-state index contributed by atoms with van der Waals surface area (Å²) in [6, 6.07) is 13.7. The average molecular weight is 423 g/mol. The maximum Gasteiger partial charge on any atom is 0.247 e. The van der Waals surface area contributed by atoms with Gasteiger partial charge in [-0.2, -0.15) is 0 Å². The van der Waals surface area contributed by atoms with Crippen molar-refractivity contribution >= 4 is 45.1 Å². The van der Waals surface area contributed by atoms with Crippen molar-refractivity contribution in [3.63, 3.8) is 0 Å². The second kappa shape index (κ2) is 7.65. The quantitative estimate of drug-likeness (QED) is 0.512. The number of hydrogen-bond donors (Lipinski definition) is 0. The van der Waals surface area contributed by atoms with Crippen molar-refractivity contribution in [1.82, 2.24) is 9.88 Å². The highest BCUT2D eigenvalue weighted by atomic mass is 35.5. The maximum atomic E-state index is 12.9. The third-order valence-electron chi connectivity index (χ3n) is 5.28. The monoisotopic (exact) mass is 422 g/mol. The van der Waals surface area contributed by atoms with E-state index in [4.69, 9.17) is 21.3 Å². The van der Waals surface area contributed by atoms with Crippen LogP contribution in [0.5, 0.6) is 5.75 Å². The Bertz CT molecular complexity index is 1120. The number of fused-ring (bicyclic) bond motifs is 2. The van der Waals surface area contributed by atoms with Crippen LogP contribution in [0.25, 0.3) is 16.3 Å². The largest absolute Gasteiger partial charge is 0.488 e. The zero-order chi connectivity index (χ0) is 19.8. The zero-order valence-electron chi connectivity index (χ0n) is 15.7. The lowest BCUT2D eigenvalue weighted by molar-refractivity contribution is -0.126. The topological polar surface area (TPSA) is 42.4 Å². The molecule has 0 spiro atoms. The SMILES string of the molecule is O=C(C=CC1=Cc2cc(Cl)ccc2OC1)N1CCCC1c1nc2ccccc2s1. The van der Waals surface area contributed by atoms with Crippen LogP contribution in [0.3, 0.4) is 0 Å². The van der Waals surface area contributed by atoms with Gasteiger partial charge in [0, 0.05) is 23.2 Å². The van der Waals surface area contributed by atoms with Gasteiger partial charge in [-0.05, 0) is 54.8 Å². The van der Waals surface area contributed by atoms with Gasteiger partial charge in [0.15, 0.2) is 0 Å². The molecular formula is C23H19ClN2O2S. The lowest BCUT2D eigenvalue weighted by Gasteiger charge is -2.21. The van der Waals surface area contributed by atoms with Crippen LogP contribution in [0.4, 0.5) is 0 Å². The number of nitrogens with zero attached hydrogens (tertiary/aromatic N) is 2. The molecule has 0 aliphatic carbocycles. The molecule has 3 heterocycles. The molecule has 0 N–H and O–H groups in total. The second-order valence-electron chi connectivity index (χ2n) is 7.23. The van der Waals surface area contributed by atoms with Crippen molar-refractivity contribution in [2.75, 3.05) is 13.2 Å². The molecule has 4 nitrogen and oxygen atoms in total. The van der Waals surface area contributed by atoms with Gasteiger partial charge in [0.2, 0.25) is 5.91 Å². The van der Waals surface area contributed by atoms with Crippen LogP contribution in [0, 0.1) is 0 Å². The summed E-state index contributed by atoms with van der Waals surface area (Å²) in [5, 5.41) is 1.69. The van der Waals surface area contributed by atoms with Crippen molar-refractivity contribution in [3.05, 3.63) is 75.8 Å². The number of ether oxygens (including phenoxy) is 1. The van der Waals surface area contributed by atoms with Crippen LogP contribution in [-0.2, 0) is 4.79 Å². The van der Waals surface area contributed by atoms with Crippen LogP contribution in [-0.4, -0.2) is 28.9 Å². The molecule has 1 saturated heterocycles. The number of benzene rings is 2. The average Bonchev–Trinajstić information content (AvgIpc) is 3.38. The molecule has 6 heteroatoms. The fourth-order valence-corrected chi connectivity index (χ4v) is 5.15. The number of carbonyl (C=O) groups excluding carboxylic acids is 1. The fourth-order valence-electron chi connectivity index (χ4n) is 3.86. The molecule has 146 valence electrons. The highest BCUT2D eigenvalue weighted by Crippen LogP contribution is 2.36. The minimum Gasteiger partial charge on any atom is -0.488 e. The predicted octanol–water partition coefficient (Wildman–Crippen LogP) is 5.65. The summed E-state index contributed by atoms with van der Waals surface area (Å²) in [6.45, 7) is 1.21. The van der Waals surface area contributed by atoms with Crippen molar-refractivity contribution in [1.29, 1.82) is 0 Å². The van der Waals surface area contributed by atoms with E-state index >= 15 is 0 Å². The Balaban J connectivity index is 1.34. The standard InChI is InChI=1S/C23H19ClN2O2S/c24-17-8-9-20-16(13-17)12-15(14-28-20)7-10-22(27)26-11-3-5-19(26)23-25-18-4-1-2-6-21(18)29-23/h1-2,4,6-10,12-13,19H,3,5,11,14H2. The molecule has 3 aromatic rings. The minimum absolute atomic E-state index is 0.0181. The van der Waals surface area contributed by atoms with E-state index in [1.807, 2.05) is 53.5 Å². The first kappa shape index (κ1) is 18.4. The van der Waals surface area contributed by atoms with E-state index in [2.05, 4.69) is 6.07 Å². The lowest BCUT2D eigenvalue weighted by atomic mass is 10.1. The number of para-hydroxylation sites is 1. The van der Waals surface area contributed by atoms with Gasteiger partial charge in [0.25, 0.3) is 0 Å². The highest BCUT2D eigenvalue weighted by Gasteiger charge is 2.31. The summed E-state index contributed by atoms with van der Waals surface area (Å²) in [5.74, 6) is 0.831. The summed E-state index contributed by atoms with van der Waals surface area (Å²) < 4.78 is 6.93. The Morgan fingerprint density at radius 3 is 3.07 bits per heavy atom. The van der Waals surface area contributed by atoms with E-state index in [1.165, 1.54) is 4.70 Å². The molecule has 0 radical (unpaired) electrons. The van der Waals surface area contributed by atoms with E-state index in [1.54, 1.807) is 17.4 Å². The number of aromatic nitrogens is 1. The molecule has 0 saturated carbocycles. The summed E-state index contributed by atoms with van der Waals surface area (Å²) in [6.07, 6.45) is 7.47. The van der Waals surface area contributed by atoms with E-state index in [-0.39, 0.29) is 11.9 Å². The number of halogens is 1. The number of thiazole rings is 1. The van der Waals surface area contributed by atoms with Crippen LogP contribution in [0.15, 0.2) is 60.2 Å². The summed E-state index contributed by atoms with van der Waals surface area (Å²) in [4.78, 5) is 19.6. The van der Waals surface area contributed by atoms with E-state index in [0.717, 1.165) is 46.8 Å². The van der Waals surface area contributed by atoms with Crippen molar-refractivity contribution in [2.24, 2.45) is 0 Å². The van der Waals surface area contributed by atoms with Gasteiger partial charge in [0.05, 0.1) is 16.3 Å². The Morgan fingerprint density at radius 2 is 2.17 bits per heavy atom. The molecule has 29 heavy (non-hydrogen) atoms. The minimum atomic E-state index is 0.0181. The molecule has 0 bridgehead atoms. The summed E-state index contributed by atoms with van der Waals surface area (Å²) in [5.41, 5.74) is 2.89. The van der Waals surface area contributed by atoms with Crippen molar-refractivity contribution in [3.8, 4) is 5.75 Å². The lowest BCUT2D eigenvalue weighted by Crippen LogP contribution is -2.28. The van der Waals surface area contributed by atoms with Crippen LogP contribution < -0.4 is 4.74 Å². The number of carbonyl (C=O) groups is 1. The van der Waals surface area contributed by atoms with Crippen LogP contribution in [0.1, 0.15) is 29.5 Å². The highest BCUT2D eigenvalue weighted by molar-refractivity contribution is 7.18. The second-order valence-corrected chi connectivity index (χ2v) is 8.73. The van der Waals surface area contributed by atoms with Crippen LogP contribution >= 0.6 is 22.9 Å². The molecular weight excluding hydrogens is 404 g/mol. The van der Waals surface area contributed by atoms with Gasteiger partial charge in [-0.25, -0.2) is 4.98 Å². The first-order chi connectivity index (χ1) is 14.2. The van der Waals surface area contributed by atoms with Gasteiger partial charge in [-0.3, -0.25) is 4.79 Å². The van der Waals surface area contributed by atoms with Gasteiger partial charge in [0.1, 0.15) is 17.4 Å². The normalized spacial score (nSPS) is 18.7. The molecule has 5 rings (SSSR count). The molecule has 2 aliphatic heterocycles. The molecule has 1 amide bonds.